The first-order chi connectivity index (χ1) is 16.4. The molecule has 1 aromatic heterocycles. The van der Waals surface area contributed by atoms with Crippen LogP contribution in [0.3, 0.4) is 0 Å². The lowest BCUT2D eigenvalue weighted by molar-refractivity contribution is -0.138. The summed E-state index contributed by atoms with van der Waals surface area (Å²) >= 11 is 0. The van der Waals surface area contributed by atoms with Gasteiger partial charge in [-0.3, -0.25) is 9.69 Å². The molecule has 0 spiro atoms. The van der Waals surface area contributed by atoms with Gasteiger partial charge in [0.2, 0.25) is 17.6 Å². The molecule has 3 heterocycles. The number of likely N-dealkylation sites (tertiary alicyclic amines) is 1. The maximum absolute atomic E-state index is 13.3. The molecule has 2 aliphatic rings. The van der Waals surface area contributed by atoms with Crippen LogP contribution >= 0.6 is 0 Å². The van der Waals surface area contributed by atoms with E-state index >= 15 is 0 Å². The number of amides is 1. The number of carbonyl (C=O) groups is 1. The van der Waals surface area contributed by atoms with Crippen molar-refractivity contribution in [3.8, 4) is 11.4 Å². The van der Waals surface area contributed by atoms with Crippen LogP contribution in [0.25, 0.3) is 11.4 Å². The Hall–Kier alpha value is -2.99. The summed E-state index contributed by atoms with van der Waals surface area (Å²) in [6.45, 7) is 10.4. The van der Waals surface area contributed by atoms with Crippen LogP contribution in [0.1, 0.15) is 56.2 Å². The molecule has 1 atom stereocenters. The van der Waals surface area contributed by atoms with Crippen molar-refractivity contribution in [2.75, 3.05) is 19.6 Å². The molecule has 0 N–H and O–H groups in total. The van der Waals surface area contributed by atoms with Crippen LogP contribution in [0.2, 0.25) is 0 Å². The van der Waals surface area contributed by atoms with Gasteiger partial charge in [-0.25, -0.2) is 0 Å². The van der Waals surface area contributed by atoms with Crippen LogP contribution in [0.4, 0.5) is 0 Å². The highest BCUT2D eigenvalue weighted by atomic mass is 16.5. The first-order valence-electron chi connectivity index (χ1n) is 12.4. The second kappa shape index (κ2) is 9.34. The zero-order chi connectivity index (χ0) is 23.7. The van der Waals surface area contributed by atoms with Crippen LogP contribution < -0.4 is 0 Å². The van der Waals surface area contributed by atoms with Gasteiger partial charge in [-0.1, -0.05) is 74.5 Å². The van der Waals surface area contributed by atoms with Crippen molar-refractivity contribution in [3.63, 3.8) is 0 Å². The first-order valence-corrected chi connectivity index (χ1v) is 12.4. The molecule has 1 saturated heterocycles. The molecule has 5 rings (SSSR count). The quantitative estimate of drug-likeness (QED) is 0.560. The summed E-state index contributed by atoms with van der Waals surface area (Å²) < 4.78 is 5.57. The van der Waals surface area contributed by atoms with E-state index in [2.05, 4.69) is 84.3 Å². The normalized spacial score (nSPS) is 19.1. The number of piperidine rings is 1. The number of hydrogen-bond acceptors (Lipinski definition) is 5. The fourth-order valence-electron chi connectivity index (χ4n) is 5.09. The second-order valence-corrected chi connectivity index (χ2v) is 10.7. The van der Waals surface area contributed by atoms with Crippen LogP contribution in [0, 0.1) is 5.92 Å². The smallest absolute Gasteiger partial charge is 0.241 e. The fraction of sp³-hybridized carbons (Fsp3) is 0.464. The van der Waals surface area contributed by atoms with Gasteiger partial charge in [0.25, 0.3) is 0 Å². The maximum Gasteiger partial charge on any atom is 0.241 e. The molecule has 2 aromatic carbocycles. The molecular formula is C28H34N4O2. The zero-order valence-electron chi connectivity index (χ0n) is 20.5. The van der Waals surface area contributed by atoms with E-state index in [4.69, 9.17) is 4.52 Å². The molecule has 34 heavy (non-hydrogen) atoms. The van der Waals surface area contributed by atoms with Crippen molar-refractivity contribution < 1.29 is 9.32 Å². The van der Waals surface area contributed by atoms with E-state index in [1.807, 2.05) is 4.90 Å². The van der Waals surface area contributed by atoms with Crippen LogP contribution in [-0.2, 0) is 29.7 Å². The van der Waals surface area contributed by atoms with E-state index in [-0.39, 0.29) is 17.2 Å². The van der Waals surface area contributed by atoms with E-state index < -0.39 is 0 Å². The molecule has 1 fully saturated rings. The molecular weight excluding hydrogens is 424 g/mol. The summed E-state index contributed by atoms with van der Waals surface area (Å²) in [5, 5.41) is 4.20. The minimum atomic E-state index is 0.0337. The molecule has 2 aliphatic heterocycles. The van der Waals surface area contributed by atoms with Gasteiger partial charge >= 0.3 is 0 Å². The molecule has 0 aliphatic carbocycles. The molecule has 1 unspecified atom stereocenters. The molecule has 3 aromatic rings. The summed E-state index contributed by atoms with van der Waals surface area (Å²) in [5.74, 6) is 1.54. The highest BCUT2D eigenvalue weighted by Crippen LogP contribution is 2.27. The zero-order valence-corrected chi connectivity index (χ0v) is 20.5. The van der Waals surface area contributed by atoms with Gasteiger partial charge in [-0.2, -0.15) is 4.98 Å². The van der Waals surface area contributed by atoms with Gasteiger partial charge < -0.3 is 9.42 Å². The fourth-order valence-corrected chi connectivity index (χ4v) is 5.09. The van der Waals surface area contributed by atoms with Crippen molar-refractivity contribution >= 4 is 5.91 Å². The highest BCUT2D eigenvalue weighted by molar-refractivity contribution is 5.79. The van der Waals surface area contributed by atoms with Crippen LogP contribution in [-0.4, -0.2) is 45.5 Å². The van der Waals surface area contributed by atoms with Gasteiger partial charge in [0, 0.05) is 25.2 Å². The number of benzene rings is 2. The molecule has 178 valence electrons. The molecule has 1 amide bonds. The minimum absolute atomic E-state index is 0.0337. The molecule has 6 heteroatoms. The van der Waals surface area contributed by atoms with Crippen LogP contribution in [0.5, 0.6) is 0 Å². The number of fused-ring (bicyclic) bond motifs is 1. The largest absolute Gasteiger partial charge is 0.338 e. The van der Waals surface area contributed by atoms with Gasteiger partial charge in [0.1, 0.15) is 0 Å². The Morgan fingerprint density at radius 2 is 1.82 bits per heavy atom. The van der Waals surface area contributed by atoms with E-state index in [0.29, 0.717) is 18.3 Å². The second-order valence-electron chi connectivity index (χ2n) is 10.7. The van der Waals surface area contributed by atoms with Crippen molar-refractivity contribution in [1.29, 1.82) is 0 Å². The summed E-state index contributed by atoms with van der Waals surface area (Å²) in [6, 6.07) is 16.8. The number of hydrogen-bond donors (Lipinski definition) is 0. The monoisotopic (exact) mass is 458 g/mol. The van der Waals surface area contributed by atoms with E-state index in [1.54, 1.807) is 0 Å². The standard InChI is InChI=1S/C28H34N4O2/c1-28(2,3)24-12-10-21(11-13-24)26-29-25(34-30-26)19-31-15-6-9-23(17-31)27(33)32-16-14-20-7-4-5-8-22(20)18-32/h4-5,7-8,10-13,23H,6,9,14-19H2,1-3H3. The minimum Gasteiger partial charge on any atom is -0.338 e. The van der Waals surface area contributed by atoms with Gasteiger partial charge in [-0.15, -0.1) is 0 Å². The highest BCUT2D eigenvalue weighted by Gasteiger charge is 2.31. The lowest BCUT2D eigenvalue weighted by atomic mass is 9.87. The molecule has 0 bridgehead atoms. The average molecular weight is 459 g/mol. The topological polar surface area (TPSA) is 62.5 Å². The van der Waals surface area contributed by atoms with Gasteiger partial charge in [0.15, 0.2) is 0 Å². The number of carbonyl (C=O) groups excluding carboxylic acids is 1. The van der Waals surface area contributed by atoms with Crippen LogP contribution in [0.15, 0.2) is 53.1 Å². The Bertz CT molecular complexity index is 1150. The Kier molecular flexibility index (Phi) is 6.26. The van der Waals surface area contributed by atoms with Crippen molar-refractivity contribution in [2.24, 2.45) is 5.92 Å². The van der Waals surface area contributed by atoms with Crippen molar-refractivity contribution in [2.45, 2.75) is 58.5 Å². The van der Waals surface area contributed by atoms with Gasteiger partial charge in [-0.05, 0) is 47.9 Å². The lowest BCUT2D eigenvalue weighted by Crippen LogP contribution is -2.46. The third-order valence-corrected chi connectivity index (χ3v) is 7.13. The summed E-state index contributed by atoms with van der Waals surface area (Å²) in [7, 11) is 0. The van der Waals surface area contributed by atoms with Gasteiger partial charge in [0.05, 0.1) is 12.5 Å². The summed E-state index contributed by atoms with van der Waals surface area (Å²) in [4.78, 5) is 22.3. The maximum atomic E-state index is 13.3. The third kappa shape index (κ3) is 4.92. The van der Waals surface area contributed by atoms with Crippen molar-refractivity contribution in [3.05, 3.63) is 71.1 Å². The molecule has 0 radical (unpaired) electrons. The Morgan fingerprint density at radius 3 is 2.59 bits per heavy atom. The first kappa shape index (κ1) is 22.8. The van der Waals surface area contributed by atoms with E-state index in [9.17, 15) is 4.79 Å². The third-order valence-electron chi connectivity index (χ3n) is 7.13. The SMILES string of the molecule is CC(C)(C)c1ccc(-c2noc(CN3CCCC(C(=O)N4CCc5ccccc5C4)C3)n2)cc1. The summed E-state index contributed by atoms with van der Waals surface area (Å²) in [6.07, 6.45) is 2.90. The Labute approximate surface area is 202 Å². The lowest BCUT2D eigenvalue weighted by Gasteiger charge is -2.36. The van der Waals surface area contributed by atoms with Crippen molar-refractivity contribution in [1.82, 2.24) is 19.9 Å². The Morgan fingerprint density at radius 1 is 1.06 bits per heavy atom. The number of aromatic nitrogens is 2. The number of rotatable bonds is 4. The predicted octanol–water partition coefficient (Wildman–Crippen LogP) is 4.83. The molecule has 0 saturated carbocycles. The average Bonchev–Trinajstić information content (AvgIpc) is 3.31. The predicted molar refractivity (Wildman–Crippen MR) is 132 cm³/mol. The Balaban J connectivity index is 1.20. The van der Waals surface area contributed by atoms with E-state index in [1.165, 1.54) is 16.7 Å². The summed E-state index contributed by atoms with van der Waals surface area (Å²) in [5.41, 5.74) is 5.00. The number of nitrogens with zero attached hydrogens (tertiary/aromatic N) is 4. The van der Waals surface area contributed by atoms with E-state index in [0.717, 1.165) is 51.0 Å². The molecule has 6 nitrogen and oxygen atoms in total.